The first-order valence-electron chi connectivity index (χ1n) is 5.05. The van der Waals surface area contributed by atoms with E-state index in [2.05, 4.69) is 32.0 Å². The topological polar surface area (TPSA) is 12.5 Å². The Morgan fingerprint density at radius 1 is 1.40 bits per heavy atom. The van der Waals surface area contributed by atoms with Gasteiger partial charge in [-0.2, -0.15) is 0 Å². The molecule has 3 heteroatoms. The highest BCUT2D eigenvalue weighted by atomic mass is 35.5. The van der Waals surface area contributed by atoms with Crippen LogP contribution in [-0.2, 0) is 0 Å². The number of hydrogen-bond acceptors (Lipinski definition) is 2. The van der Waals surface area contributed by atoms with Gasteiger partial charge in [0.05, 0.1) is 18.8 Å². The first-order chi connectivity index (χ1) is 7.10. The minimum absolute atomic E-state index is 0.456. The average Bonchev–Trinajstić information content (AvgIpc) is 2.27. The summed E-state index contributed by atoms with van der Waals surface area (Å²) in [4.78, 5) is 1.95. The molecule has 1 aromatic carbocycles. The highest BCUT2D eigenvalue weighted by Crippen LogP contribution is 2.31. The van der Waals surface area contributed by atoms with E-state index in [1.165, 1.54) is 5.56 Å². The number of alkyl halides is 1. The van der Waals surface area contributed by atoms with Crippen LogP contribution in [0.5, 0.6) is 5.75 Å². The number of rotatable bonds is 4. The molecule has 0 aliphatic rings. The molecule has 15 heavy (non-hydrogen) atoms. The summed E-state index contributed by atoms with van der Waals surface area (Å²) in [6, 6.07) is 6.70. The average molecular weight is 228 g/mol. The fourth-order valence-corrected chi connectivity index (χ4v) is 1.56. The third-order valence-electron chi connectivity index (χ3n) is 2.46. The molecular formula is C12H18ClNO. The van der Waals surface area contributed by atoms with Gasteiger partial charge in [-0.15, -0.1) is 11.6 Å². The molecule has 0 radical (unpaired) electrons. The Hall–Kier alpha value is -0.890. The van der Waals surface area contributed by atoms with Crippen LogP contribution in [0.4, 0.5) is 5.69 Å². The van der Waals surface area contributed by atoms with Crippen molar-refractivity contribution in [2.75, 3.05) is 25.1 Å². The van der Waals surface area contributed by atoms with Gasteiger partial charge in [-0.25, -0.2) is 0 Å². The summed E-state index contributed by atoms with van der Waals surface area (Å²) in [6.45, 7) is 4.33. The molecule has 0 atom stereocenters. The van der Waals surface area contributed by atoms with Gasteiger partial charge in [0.15, 0.2) is 0 Å². The van der Waals surface area contributed by atoms with Gasteiger partial charge in [0.25, 0.3) is 0 Å². The van der Waals surface area contributed by atoms with Crippen LogP contribution in [0.1, 0.15) is 25.3 Å². The van der Waals surface area contributed by atoms with Gasteiger partial charge in [0, 0.05) is 7.05 Å². The van der Waals surface area contributed by atoms with Gasteiger partial charge in [-0.3, -0.25) is 0 Å². The fraction of sp³-hybridized carbons (Fsp3) is 0.500. The fourth-order valence-electron chi connectivity index (χ4n) is 1.43. The van der Waals surface area contributed by atoms with Gasteiger partial charge in [0.1, 0.15) is 5.75 Å². The van der Waals surface area contributed by atoms with Crippen molar-refractivity contribution in [1.82, 2.24) is 0 Å². The van der Waals surface area contributed by atoms with Crippen molar-refractivity contribution in [3.63, 3.8) is 0 Å². The zero-order valence-corrected chi connectivity index (χ0v) is 10.5. The van der Waals surface area contributed by atoms with Crippen molar-refractivity contribution in [1.29, 1.82) is 0 Å². The van der Waals surface area contributed by atoms with Crippen LogP contribution < -0.4 is 9.64 Å². The molecule has 0 spiro atoms. The predicted molar refractivity (Wildman–Crippen MR) is 66.2 cm³/mol. The lowest BCUT2D eigenvalue weighted by Gasteiger charge is -2.20. The number of hydrogen-bond donors (Lipinski definition) is 0. The summed E-state index contributed by atoms with van der Waals surface area (Å²) in [5.41, 5.74) is 2.30. The largest absolute Gasteiger partial charge is 0.495 e. The minimum Gasteiger partial charge on any atom is -0.495 e. The van der Waals surface area contributed by atoms with E-state index < -0.39 is 0 Å². The summed E-state index contributed by atoms with van der Waals surface area (Å²) < 4.78 is 5.36. The molecule has 0 aliphatic heterocycles. The molecule has 0 heterocycles. The Labute approximate surface area is 96.8 Å². The molecule has 0 saturated carbocycles. The summed E-state index contributed by atoms with van der Waals surface area (Å²) in [6.07, 6.45) is 0. The second-order valence-electron chi connectivity index (χ2n) is 3.90. The molecule has 0 fully saturated rings. The van der Waals surface area contributed by atoms with Crippen LogP contribution in [0.15, 0.2) is 18.2 Å². The van der Waals surface area contributed by atoms with E-state index in [0.29, 0.717) is 11.9 Å². The van der Waals surface area contributed by atoms with Crippen LogP contribution in [0.25, 0.3) is 0 Å². The molecule has 0 aromatic heterocycles. The Morgan fingerprint density at radius 2 is 2.07 bits per heavy atom. The van der Waals surface area contributed by atoms with Crippen LogP contribution in [0.2, 0.25) is 0 Å². The van der Waals surface area contributed by atoms with Gasteiger partial charge < -0.3 is 9.64 Å². The molecule has 0 unspecified atom stereocenters. The molecule has 1 aromatic rings. The van der Waals surface area contributed by atoms with Gasteiger partial charge in [-0.1, -0.05) is 19.9 Å². The maximum Gasteiger partial charge on any atom is 0.142 e. The third-order valence-corrected chi connectivity index (χ3v) is 2.82. The van der Waals surface area contributed by atoms with Gasteiger partial charge in [0.2, 0.25) is 0 Å². The Bertz CT molecular complexity index is 325. The maximum absolute atomic E-state index is 5.79. The van der Waals surface area contributed by atoms with Crippen LogP contribution >= 0.6 is 11.6 Å². The van der Waals surface area contributed by atoms with E-state index in [9.17, 15) is 0 Å². The summed E-state index contributed by atoms with van der Waals surface area (Å²) in [5, 5.41) is 0. The quantitative estimate of drug-likeness (QED) is 0.577. The number of ether oxygens (including phenoxy) is 1. The second kappa shape index (κ2) is 5.26. The summed E-state index contributed by atoms with van der Waals surface area (Å²) in [7, 11) is 3.63. The number of methoxy groups -OCH3 is 1. The first kappa shape index (κ1) is 12.2. The molecule has 2 nitrogen and oxygen atoms in total. The van der Waals surface area contributed by atoms with Crippen LogP contribution in [0.3, 0.4) is 0 Å². The van der Waals surface area contributed by atoms with E-state index in [4.69, 9.17) is 16.3 Å². The molecule has 1 rings (SSSR count). The molecule has 0 amide bonds. The van der Waals surface area contributed by atoms with Crippen molar-refractivity contribution in [2.24, 2.45) is 0 Å². The standard InChI is InChI=1S/C12H18ClNO/c1-9(2)10-5-6-11(14(3)8-13)12(7-10)15-4/h5-7,9H,8H2,1-4H3. The highest BCUT2D eigenvalue weighted by Gasteiger charge is 2.09. The SMILES string of the molecule is COc1cc(C(C)C)ccc1N(C)CCl. The van der Waals surface area contributed by atoms with E-state index in [-0.39, 0.29) is 0 Å². The van der Waals surface area contributed by atoms with E-state index in [0.717, 1.165) is 11.4 Å². The third kappa shape index (κ3) is 2.78. The summed E-state index contributed by atoms with van der Waals surface area (Å²) in [5.74, 6) is 1.39. The molecular weight excluding hydrogens is 210 g/mol. The monoisotopic (exact) mass is 227 g/mol. The van der Waals surface area contributed by atoms with Gasteiger partial charge >= 0.3 is 0 Å². The smallest absolute Gasteiger partial charge is 0.142 e. The Kier molecular flexibility index (Phi) is 4.28. The van der Waals surface area contributed by atoms with Gasteiger partial charge in [-0.05, 0) is 23.6 Å². The van der Waals surface area contributed by atoms with E-state index >= 15 is 0 Å². The highest BCUT2D eigenvalue weighted by molar-refractivity contribution is 6.19. The number of benzene rings is 1. The predicted octanol–water partition coefficient (Wildman–Crippen LogP) is 3.45. The maximum atomic E-state index is 5.79. The lowest BCUT2D eigenvalue weighted by atomic mass is 10.0. The number of nitrogens with zero attached hydrogens (tertiary/aromatic N) is 1. The second-order valence-corrected chi connectivity index (χ2v) is 4.14. The minimum atomic E-state index is 0.456. The van der Waals surface area contributed by atoms with E-state index in [1.807, 2.05) is 11.9 Å². The zero-order chi connectivity index (χ0) is 11.4. The molecule has 0 N–H and O–H groups in total. The normalized spacial score (nSPS) is 10.5. The zero-order valence-electron chi connectivity index (χ0n) is 9.75. The van der Waals surface area contributed by atoms with E-state index in [1.54, 1.807) is 7.11 Å². The van der Waals surface area contributed by atoms with Crippen molar-refractivity contribution in [3.05, 3.63) is 23.8 Å². The van der Waals surface area contributed by atoms with Crippen LogP contribution in [-0.4, -0.2) is 20.2 Å². The molecule has 84 valence electrons. The number of halogens is 1. The first-order valence-corrected chi connectivity index (χ1v) is 5.58. The van der Waals surface area contributed by atoms with Crippen molar-refractivity contribution < 1.29 is 4.74 Å². The molecule has 0 saturated heterocycles. The summed E-state index contributed by atoms with van der Waals surface area (Å²) >= 11 is 5.79. The lowest BCUT2D eigenvalue weighted by molar-refractivity contribution is 0.414. The lowest BCUT2D eigenvalue weighted by Crippen LogP contribution is -2.15. The van der Waals surface area contributed by atoms with Crippen molar-refractivity contribution in [2.45, 2.75) is 19.8 Å². The Morgan fingerprint density at radius 3 is 2.53 bits per heavy atom. The van der Waals surface area contributed by atoms with Crippen molar-refractivity contribution in [3.8, 4) is 5.75 Å². The van der Waals surface area contributed by atoms with Crippen molar-refractivity contribution >= 4 is 17.3 Å². The molecule has 0 aliphatic carbocycles. The number of anilines is 1. The Balaban J connectivity index is 3.09. The molecule has 0 bridgehead atoms. The van der Waals surface area contributed by atoms with Crippen LogP contribution in [0, 0.1) is 0 Å².